The number of hydrogen-bond acceptors (Lipinski definition) is 3. The van der Waals surface area contributed by atoms with Crippen LogP contribution in [0.1, 0.15) is 29.7 Å². The van der Waals surface area contributed by atoms with Crippen molar-refractivity contribution in [3.63, 3.8) is 0 Å². The maximum absolute atomic E-state index is 13.8. The standard InChI is InChI=1S/C16H14F2N2O/c1-10(20)14-6-5-13(7-15(14)17)21-9-12-4-2-3-11(8-19)16(12)18/h2-7,10H,9,20H2,1H3. The molecule has 0 aliphatic carbocycles. The predicted molar refractivity (Wildman–Crippen MR) is 74.4 cm³/mol. The minimum Gasteiger partial charge on any atom is -0.489 e. The Morgan fingerprint density at radius 3 is 2.67 bits per heavy atom. The molecular weight excluding hydrogens is 274 g/mol. The van der Waals surface area contributed by atoms with E-state index in [1.807, 2.05) is 0 Å². The van der Waals surface area contributed by atoms with Crippen molar-refractivity contribution in [1.82, 2.24) is 0 Å². The van der Waals surface area contributed by atoms with Crippen LogP contribution in [-0.4, -0.2) is 0 Å². The van der Waals surface area contributed by atoms with Gasteiger partial charge in [0, 0.05) is 23.2 Å². The average molecular weight is 288 g/mol. The molecule has 21 heavy (non-hydrogen) atoms. The van der Waals surface area contributed by atoms with Gasteiger partial charge in [0.2, 0.25) is 0 Å². The maximum Gasteiger partial charge on any atom is 0.147 e. The third-order valence-corrected chi connectivity index (χ3v) is 3.06. The second-order valence-corrected chi connectivity index (χ2v) is 4.65. The smallest absolute Gasteiger partial charge is 0.147 e. The van der Waals surface area contributed by atoms with Crippen LogP contribution in [0.3, 0.4) is 0 Å². The molecule has 3 nitrogen and oxygen atoms in total. The van der Waals surface area contributed by atoms with Crippen LogP contribution in [0, 0.1) is 23.0 Å². The lowest BCUT2D eigenvalue weighted by Crippen LogP contribution is -2.07. The highest BCUT2D eigenvalue weighted by Crippen LogP contribution is 2.22. The number of hydrogen-bond donors (Lipinski definition) is 1. The van der Waals surface area contributed by atoms with Gasteiger partial charge >= 0.3 is 0 Å². The lowest BCUT2D eigenvalue weighted by Gasteiger charge is -2.11. The first kappa shape index (κ1) is 14.9. The molecular formula is C16H14F2N2O. The van der Waals surface area contributed by atoms with Crippen LogP contribution in [0.4, 0.5) is 8.78 Å². The van der Waals surface area contributed by atoms with Gasteiger partial charge in [-0.3, -0.25) is 0 Å². The highest BCUT2D eigenvalue weighted by Gasteiger charge is 2.10. The van der Waals surface area contributed by atoms with Gasteiger partial charge in [0.05, 0.1) is 5.56 Å². The molecule has 2 rings (SSSR count). The Balaban J connectivity index is 2.14. The zero-order valence-electron chi connectivity index (χ0n) is 11.4. The molecule has 2 aromatic carbocycles. The summed E-state index contributed by atoms with van der Waals surface area (Å²) in [6, 6.07) is 10.1. The number of nitrogens with two attached hydrogens (primary N) is 1. The van der Waals surface area contributed by atoms with Crippen molar-refractivity contribution in [2.75, 3.05) is 0 Å². The van der Waals surface area contributed by atoms with Crippen LogP contribution in [0.15, 0.2) is 36.4 Å². The summed E-state index contributed by atoms with van der Waals surface area (Å²) in [7, 11) is 0. The lowest BCUT2D eigenvalue weighted by atomic mass is 10.1. The van der Waals surface area contributed by atoms with E-state index in [1.165, 1.54) is 24.3 Å². The molecule has 0 bridgehead atoms. The van der Waals surface area contributed by atoms with Gasteiger partial charge in [-0.25, -0.2) is 8.78 Å². The van der Waals surface area contributed by atoms with E-state index in [4.69, 9.17) is 15.7 Å². The van der Waals surface area contributed by atoms with Gasteiger partial charge in [-0.2, -0.15) is 5.26 Å². The number of halogens is 2. The molecule has 0 heterocycles. The lowest BCUT2D eigenvalue weighted by molar-refractivity contribution is 0.298. The first-order valence-corrected chi connectivity index (χ1v) is 6.38. The van der Waals surface area contributed by atoms with E-state index in [9.17, 15) is 8.78 Å². The molecule has 0 aliphatic heterocycles. The third-order valence-electron chi connectivity index (χ3n) is 3.06. The van der Waals surface area contributed by atoms with Crippen molar-refractivity contribution in [2.45, 2.75) is 19.6 Å². The van der Waals surface area contributed by atoms with Crippen molar-refractivity contribution in [3.05, 3.63) is 64.7 Å². The predicted octanol–water partition coefficient (Wildman–Crippen LogP) is 3.44. The number of nitrogens with zero attached hydrogens (tertiary/aromatic N) is 1. The Hall–Kier alpha value is -2.45. The first-order valence-electron chi connectivity index (χ1n) is 6.38. The van der Waals surface area contributed by atoms with Crippen LogP contribution in [-0.2, 0) is 6.61 Å². The fourth-order valence-corrected chi connectivity index (χ4v) is 1.91. The molecule has 0 radical (unpaired) electrons. The summed E-state index contributed by atoms with van der Waals surface area (Å²) in [5, 5.41) is 8.75. The SMILES string of the molecule is CC(N)c1ccc(OCc2cccc(C#N)c2F)cc1F. The molecule has 0 aliphatic rings. The van der Waals surface area contributed by atoms with Gasteiger partial charge in [-0.15, -0.1) is 0 Å². The first-order chi connectivity index (χ1) is 10.0. The van der Waals surface area contributed by atoms with Crippen molar-refractivity contribution in [3.8, 4) is 11.8 Å². The van der Waals surface area contributed by atoms with E-state index < -0.39 is 17.7 Å². The summed E-state index contributed by atoms with van der Waals surface area (Å²) < 4.78 is 32.9. The van der Waals surface area contributed by atoms with Crippen LogP contribution < -0.4 is 10.5 Å². The number of ether oxygens (including phenoxy) is 1. The minimum atomic E-state index is -0.618. The molecule has 0 aromatic heterocycles. The van der Waals surface area contributed by atoms with Gasteiger partial charge < -0.3 is 10.5 Å². The Bertz CT molecular complexity index is 693. The van der Waals surface area contributed by atoms with Crippen LogP contribution in [0.5, 0.6) is 5.75 Å². The van der Waals surface area contributed by atoms with Crippen molar-refractivity contribution < 1.29 is 13.5 Å². The van der Waals surface area contributed by atoms with Crippen molar-refractivity contribution >= 4 is 0 Å². The van der Waals surface area contributed by atoms with E-state index in [0.717, 1.165) is 0 Å². The Morgan fingerprint density at radius 2 is 2.05 bits per heavy atom. The van der Waals surface area contributed by atoms with E-state index in [2.05, 4.69) is 0 Å². The summed E-state index contributed by atoms with van der Waals surface area (Å²) in [5.41, 5.74) is 6.20. The number of nitriles is 1. The second kappa shape index (κ2) is 6.33. The summed E-state index contributed by atoms with van der Waals surface area (Å²) in [5.74, 6) is -0.805. The molecule has 5 heteroatoms. The monoisotopic (exact) mass is 288 g/mol. The average Bonchev–Trinajstić information content (AvgIpc) is 2.46. The highest BCUT2D eigenvalue weighted by atomic mass is 19.1. The third kappa shape index (κ3) is 3.36. The molecule has 0 amide bonds. The normalized spacial score (nSPS) is 11.8. The van der Waals surface area contributed by atoms with Crippen LogP contribution >= 0.6 is 0 Å². The van der Waals surface area contributed by atoms with Gasteiger partial charge in [0.15, 0.2) is 0 Å². The fraction of sp³-hybridized carbons (Fsp3) is 0.188. The Morgan fingerprint density at radius 1 is 1.29 bits per heavy atom. The molecule has 1 atom stereocenters. The molecule has 108 valence electrons. The van der Waals surface area contributed by atoms with Crippen LogP contribution in [0.2, 0.25) is 0 Å². The summed E-state index contributed by atoms with van der Waals surface area (Å²) in [6.07, 6.45) is 0. The van der Waals surface area contributed by atoms with Gasteiger partial charge in [0.1, 0.15) is 30.1 Å². The maximum atomic E-state index is 13.8. The van der Waals surface area contributed by atoms with Crippen molar-refractivity contribution in [2.24, 2.45) is 5.73 Å². The topological polar surface area (TPSA) is 59.0 Å². The van der Waals surface area contributed by atoms with Gasteiger partial charge in [-0.1, -0.05) is 18.2 Å². The van der Waals surface area contributed by atoms with E-state index in [0.29, 0.717) is 5.56 Å². The van der Waals surface area contributed by atoms with Gasteiger partial charge in [-0.05, 0) is 19.1 Å². The largest absolute Gasteiger partial charge is 0.489 e. The second-order valence-electron chi connectivity index (χ2n) is 4.65. The molecule has 0 saturated carbocycles. The zero-order valence-corrected chi connectivity index (χ0v) is 11.4. The molecule has 0 saturated heterocycles. The van der Waals surface area contributed by atoms with Crippen molar-refractivity contribution in [1.29, 1.82) is 5.26 Å². The Labute approximate surface area is 121 Å². The molecule has 1 unspecified atom stereocenters. The summed E-state index contributed by atoms with van der Waals surface area (Å²) in [6.45, 7) is 1.60. The van der Waals surface area contributed by atoms with E-state index >= 15 is 0 Å². The summed E-state index contributed by atoms with van der Waals surface area (Å²) >= 11 is 0. The Kier molecular flexibility index (Phi) is 4.51. The zero-order chi connectivity index (χ0) is 15.4. The number of rotatable bonds is 4. The minimum absolute atomic E-state index is 0.0467. The molecule has 2 aromatic rings. The number of benzene rings is 2. The fourth-order valence-electron chi connectivity index (χ4n) is 1.91. The molecule has 0 fully saturated rings. The highest BCUT2D eigenvalue weighted by molar-refractivity contribution is 5.35. The summed E-state index contributed by atoms with van der Waals surface area (Å²) in [4.78, 5) is 0. The molecule has 0 spiro atoms. The van der Waals surface area contributed by atoms with E-state index in [1.54, 1.807) is 25.1 Å². The quantitative estimate of drug-likeness (QED) is 0.937. The van der Waals surface area contributed by atoms with Gasteiger partial charge in [0.25, 0.3) is 0 Å². The van der Waals surface area contributed by atoms with E-state index in [-0.39, 0.29) is 23.5 Å². The molecule has 2 N–H and O–H groups in total. The van der Waals surface area contributed by atoms with Crippen LogP contribution in [0.25, 0.3) is 0 Å².